The Morgan fingerprint density at radius 2 is 1.97 bits per heavy atom. The van der Waals surface area contributed by atoms with Crippen molar-refractivity contribution in [2.45, 2.75) is 12.5 Å². The Kier molecular flexibility index (Phi) is 5.03. The first-order chi connectivity index (χ1) is 14.2. The summed E-state index contributed by atoms with van der Waals surface area (Å²) in [6, 6.07) is 17.5. The van der Waals surface area contributed by atoms with Crippen LogP contribution in [0, 0.1) is 0 Å². The van der Waals surface area contributed by atoms with Gasteiger partial charge in [0.15, 0.2) is 5.58 Å². The number of aldehydes is 1. The van der Waals surface area contributed by atoms with Crippen molar-refractivity contribution < 1.29 is 19.2 Å². The van der Waals surface area contributed by atoms with Gasteiger partial charge in [0.1, 0.15) is 12.0 Å². The molecule has 0 bridgehead atoms. The van der Waals surface area contributed by atoms with E-state index in [9.17, 15) is 14.7 Å². The van der Waals surface area contributed by atoms with Crippen LogP contribution in [0.5, 0.6) is 0 Å². The molecular formula is C22H17N3O4. The molecule has 0 fully saturated rings. The molecule has 144 valence electrons. The molecule has 7 heteroatoms. The number of amides is 1. The lowest BCUT2D eigenvalue weighted by atomic mass is 9.93. The first kappa shape index (κ1) is 18.4. The Balaban J connectivity index is 1.80. The number of carbonyl (C=O) groups excluding carboxylic acids is 1. The molecule has 0 saturated heterocycles. The third-order valence-electron chi connectivity index (χ3n) is 4.66. The number of benzene rings is 2. The van der Waals surface area contributed by atoms with Crippen LogP contribution < -0.4 is 5.32 Å². The van der Waals surface area contributed by atoms with Gasteiger partial charge in [-0.05, 0) is 29.8 Å². The van der Waals surface area contributed by atoms with E-state index in [1.54, 1.807) is 24.4 Å². The van der Waals surface area contributed by atoms with Crippen LogP contribution in [0.3, 0.4) is 0 Å². The maximum Gasteiger partial charge on any atom is 0.405 e. The van der Waals surface area contributed by atoms with Crippen LogP contribution in [-0.4, -0.2) is 27.6 Å². The Hall–Kier alpha value is -4.00. The molecule has 0 aliphatic carbocycles. The van der Waals surface area contributed by atoms with Crippen molar-refractivity contribution in [3.8, 4) is 11.3 Å². The predicted molar refractivity (Wildman–Crippen MR) is 107 cm³/mol. The molecule has 0 unspecified atom stereocenters. The van der Waals surface area contributed by atoms with Crippen molar-refractivity contribution >= 4 is 23.3 Å². The molecule has 1 amide bonds. The molecule has 2 aromatic heterocycles. The molecule has 7 nitrogen and oxygen atoms in total. The molecule has 4 aromatic rings. The molecule has 0 aliphatic rings. The average Bonchev–Trinajstić information content (AvgIpc) is 3.16. The lowest BCUT2D eigenvalue weighted by Crippen LogP contribution is -2.29. The van der Waals surface area contributed by atoms with Crippen LogP contribution in [0.25, 0.3) is 22.2 Å². The summed E-state index contributed by atoms with van der Waals surface area (Å²) in [7, 11) is 0. The zero-order valence-corrected chi connectivity index (χ0v) is 15.3. The lowest BCUT2D eigenvalue weighted by molar-refractivity contribution is 0.112. The molecule has 0 saturated carbocycles. The van der Waals surface area contributed by atoms with Crippen molar-refractivity contribution in [3.63, 3.8) is 0 Å². The topological polar surface area (TPSA) is 105 Å². The summed E-state index contributed by atoms with van der Waals surface area (Å²) in [5, 5.41) is 16.9. The third kappa shape index (κ3) is 3.84. The van der Waals surface area contributed by atoms with Crippen LogP contribution in [0.2, 0.25) is 0 Å². The highest BCUT2D eigenvalue weighted by molar-refractivity contribution is 5.95. The maximum absolute atomic E-state index is 11.5. The highest BCUT2D eigenvalue weighted by Gasteiger charge is 2.22. The van der Waals surface area contributed by atoms with Gasteiger partial charge in [0.05, 0.1) is 6.04 Å². The van der Waals surface area contributed by atoms with Gasteiger partial charge in [0.2, 0.25) is 0 Å². The predicted octanol–water partition coefficient (Wildman–Crippen LogP) is 4.25. The third-order valence-corrected chi connectivity index (χ3v) is 4.66. The first-order valence-electron chi connectivity index (χ1n) is 8.99. The molecule has 2 heterocycles. The number of hydrogen-bond acceptors (Lipinski definition) is 5. The van der Waals surface area contributed by atoms with Crippen molar-refractivity contribution in [3.05, 3.63) is 83.7 Å². The Morgan fingerprint density at radius 1 is 1.14 bits per heavy atom. The fraction of sp³-hybridized carbons (Fsp3) is 0.0909. The van der Waals surface area contributed by atoms with Crippen LogP contribution in [-0.2, 0) is 6.42 Å². The molecule has 0 aliphatic heterocycles. The van der Waals surface area contributed by atoms with E-state index in [1.165, 1.54) is 0 Å². The Labute approximate surface area is 166 Å². The standard InChI is InChI=1S/C22H17N3O4/c26-13-14-8-9-18-20(11-14)29-25-21(18)17-7-2-1-6-16(17)19(24-22(27)28)12-15-5-3-4-10-23-15/h1-11,13,19,24H,12H2,(H,27,28)/t19-/m0/s1. The SMILES string of the molecule is O=Cc1ccc2c(-c3ccccc3[C@H](Cc3ccccn3)NC(=O)O)noc2c1. The number of pyridine rings is 1. The number of aromatic nitrogens is 2. The van der Waals surface area contributed by atoms with E-state index >= 15 is 0 Å². The van der Waals surface area contributed by atoms with E-state index in [4.69, 9.17) is 4.52 Å². The van der Waals surface area contributed by atoms with Gasteiger partial charge >= 0.3 is 6.09 Å². The Bertz CT molecular complexity index is 1170. The minimum Gasteiger partial charge on any atom is -0.465 e. The molecule has 0 radical (unpaired) electrons. The quantitative estimate of drug-likeness (QED) is 0.479. The van der Waals surface area contributed by atoms with Gasteiger partial charge in [-0.3, -0.25) is 9.78 Å². The summed E-state index contributed by atoms with van der Waals surface area (Å²) in [5.41, 5.74) is 3.85. The summed E-state index contributed by atoms with van der Waals surface area (Å²) >= 11 is 0. The largest absolute Gasteiger partial charge is 0.465 e. The molecule has 29 heavy (non-hydrogen) atoms. The Morgan fingerprint density at radius 3 is 2.72 bits per heavy atom. The van der Waals surface area contributed by atoms with E-state index in [-0.39, 0.29) is 0 Å². The van der Waals surface area contributed by atoms with E-state index in [1.807, 2.05) is 42.5 Å². The number of rotatable bonds is 6. The second-order valence-corrected chi connectivity index (χ2v) is 6.52. The number of carboxylic acid groups (broad SMARTS) is 1. The fourth-order valence-corrected chi connectivity index (χ4v) is 3.35. The first-order valence-corrected chi connectivity index (χ1v) is 8.99. The number of nitrogens with one attached hydrogen (secondary N) is 1. The molecular weight excluding hydrogens is 370 g/mol. The maximum atomic E-state index is 11.5. The van der Waals surface area contributed by atoms with Crippen LogP contribution in [0.4, 0.5) is 4.79 Å². The van der Waals surface area contributed by atoms with Crippen molar-refractivity contribution in [2.75, 3.05) is 0 Å². The molecule has 0 spiro atoms. The highest BCUT2D eigenvalue weighted by atomic mass is 16.5. The van der Waals surface area contributed by atoms with Crippen molar-refractivity contribution in [1.29, 1.82) is 0 Å². The van der Waals surface area contributed by atoms with Gasteiger partial charge in [0.25, 0.3) is 0 Å². The number of carbonyl (C=O) groups is 2. The van der Waals surface area contributed by atoms with Gasteiger partial charge in [-0.25, -0.2) is 4.79 Å². The van der Waals surface area contributed by atoms with E-state index in [2.05, 4.69) is 15.5 Å². The van der Waals surface area contributed by atoms with Crippen molar-refractivity contribution in [2.24, 2.45) is 0 Å². The molecule has 2 aromatic carbocycles. The highest BCUT2D eigenvalue weighted by Crippen LogP contribution is 2.34. The minimum atomic E-state index is -1.12. The summed E-state index contributed by atoms with van der Waals surface area (Å²) in [6.45, 7) is 0. The molecule has 4 rings (SSSR count). The van der Waals surface area contributed by atoms with Gasteiger partial charge in [0, 0.05) is 34.8 Å². The monoisotopic (exact) mass is 387 g/mol. The smallest absolute Gasteiger partial charge is 0.405 e. The number of nitrogens with zero attached hydrogens (tertiary/aromatic N) is 2. The van der Waals surface area contributed by atoms with E-state index < -0.39 is 12.1 Å². The van der Waals surface area contributed by atoms with Gasteiger partial charge in [-0.15, -0.1) is 0 Å². The minimum absolute atomic E-state index is 0.384. The van der Waals surface area contributed by atoms with E-state index in [0.717, 1.165) is 28.5 Å². The summed E-state index contributed by atoms with van der Waals surface area (Å²) in [5.74, 6) is 0. The van der Waals surface area contributed by atoms with E-state index in [0.29, 0.717) is 23.3 Å². The van der Waals surface area contributed by atoms with Gasteiger partial charge in [-0.2, -0.15) is 0 Å². The summed E-state index contributed by atoms with van der Waals surface area (Å²) in [4.78, 5) is 26.8. The number of fused-ring (bicyclic) bond motifs is 1. The normalized spacial score (nSPS) is 11.9. The fourth-order valence-electron chi connectivity index (χ4n) is 3.35. The number of hydrogen-bond donors (Lipinski definition) is 2. The molecule has 2 N–H and O–H groups in total. The van der Waals surface area contributed by atoms with Gasteiger partial charge < -0.3 is 14.9 Å². The second-order valence-electron chi connectivity index (χ2n) is 6.52. The van der Waals surface area contributed by atoms with Crippen LogP contribution in [0.1, 0.15) is 27.7 Å². The zero-order chi connectivity index (χ0) is 20.2. The summed E-state index contributed by atoms with van der Waals surface area (Å²) < 4.78 is 5.42. The molecule has 1 atom stereocenters. The van der Waals surface area contributed by atoms with Crippen molar-refractivity contribution in [1.82, 2.24) is 15.5 Å². The average molecular weight is 387 g/mol. The lowest BCUT2D eigenvalue weighted by Gasteiger charge is -2.20. The van der Waals surface area contributed by atoms with Gasteiger partial charge in [-0.1, -0.05) is 41.6 Å². The van der Waals surface area contributed by atoms with Crippen LogP contribution in [0.15, 0.2) is 71.4 Å². The zero-order valence-electron chi connectivity index (χ0n) is 15.3. The second kappa shape index (κ2) is 7.93. The summed E-state index contributed by atoms with van der Waals surface area (Å²) in [6.07, 6.45) is 1.68. The van der Waals surface area contributed by atoms with Crippen LogP contribution >= 0.6 is 0 Å².